The number of halogens is 1. The Morgan fingerprint density at radius 2 is 2.19 bits per heavy atom. The van der Waals surface area contributed by atoms with Crippen molar-refractivity contribution in [2.24, 2.45) is 0 Å². The third-order valence-corrected chi connectivity index (χ3v) is 3.01. The van der Waals surface area contributed by atoms with Gasteiger partial charge in [-0.3, -0.25) is 0 Å². The van der Waals surface area contributed by atoms with E-state index in [-0.39, 0.29) is 0 Å². The Balaban J connectivity index is 2.31. The van der Waals surface area contributed by atoms with E-state index in [0.717, 1.165) is 34.8 Å². The SMILES string of the molecule is CCCc1cn(-c2ccc(Cl)c(C)c2)cn1. The maximum Gasteiger partial charge on any atom is 0.0995 e. The summed E-state index contributed by atoms with van der Waals surface area (Å²) in [5.41, 5.74) is 3.33. The second-order valence-corrected chi connectivity index (χ2v) is 4.36. The fourth-order valence-corrected chi connectivity index (χ4v) is 1.80. The topological polar surface area (TPSA) is 17.8 Å². The summed E-state index contributed by atoms with van der Waals surface area (Å²) in [5.74, 6) is 0. The molecule has 0 aliphatic carbocycles. The number of benzene rings is 1. The summed E-state index contributed by atoms with van der Waals surface area (Å²) < 4.78 is 2.04. The highest BCUT2D eigenvalue weighted by Gasteiger charge is 2.02. The van der Waals surface area contributed by atoms with Gasteiger partial charge in [-0.15, -0.1) is 0 Å². The van der Waals surface area contributed by atoms with E-state index >= 15 is 0 Å². The number of hydrogen-bond donors (Lipinski definition) is 0. The zero-order valence-electron chi connectivity index (χ0n) is 9.57. The van der Waals surface area contributed by atoms with Crippen LogP contribution in [0.4, 0.5) is 0 Å². The van der Waals surface area contributed by atoms with Crippen molar-refractivity contribution in [3.8, 4) is 5.69 Å². The molecule has 3 heteroatoms. The van der Waals surface area contributed by atoms with Gasteiger partial charge in [-0.1, -0.05) is 24.9 Å². The minimum absolute atomic E-state index is 0.803. The fourth-order valence-electron chi connectivity index (χ4n) is 1.68. The van der Waals surface area contributed by atoms with Crippen molar-refractivity contribution in [3.63, 3.8) is 0 Å². The lowest BCUT2D eigenvalue weighted by atomic mass is 10.2. The zero-order chi connectivity index (χ0) is 11.5. The van der Waals surface area contributed by atoms with Crippen molar-refractivity contribution in [1.82, 2.24) is 9.55 Å². The molecule has 0 spiro atoms. The summed E-state index contributed by atoms with van der Waals surface area (Å²) in [6, 6.07) is 6.00. The molecule has 2 aromatic rings. The highest BCUT2D eigenvalue weighted by Crippen LogP contribution is 2.19. The lowest BCUT2D eigenvalue weighted by Crippen LogP contribution is -1.90. The van der Waals surface area contributed by atoms with Gasteiger partial charge in [0.2, 0.25) is 0 Å². The van der Waals surface area contributed by atoms with E-state index in [4.69, 9.17) is 11.6 Å². The van der Waals surface area contributed by atoms with Crippen molar-refractivity contribution >= 4 is 11.6 Å². The lowest BCUT2D eigenvalue weighted by molar-refractivity contribution is 0.891. The molecule has 0 N–H and O–H groups in total. The van der Waals surface area contributed by atoms with Gasteiger partial charge in [0.25, 0.3) is 0 Å². The average molecular weight is 235 g/mol. The smallest absolute Gasteiger partial charge is 0.0995 e. The first-order valence-electron chi connectivity index (χ1n) is 5.50. The molecule has 1 aromatic heterocycles. The molecule has 84 valence electrons. The van der Waals surface area contributed by atoms with Gasteiger partial charge < -0.3 is 4.57 Å². The van der Waals surface area contributed by atoms with Gasteiger partial charge in [0.05, 0.1) is 12.0 Å². The third-order valence-electron chi connectivity index (χ3n) is 2.58. The van der Waals surface area contributed by atoms with Crippen molar-refractivity contribution in [2.75, 3.05) is 0 Å². The van der Waals surface area contributed by atoms with Crippen molar-refractivity contribution in [2.45, 2.75) is 26.7 Å². The Morgan fingerprint density at radius 3 is 2.88 bits per heavy atom. The van der Waals surface area contributed by atoms with Crippen LogP contribution in [0, 0.1) is 6.92 Å². The predicted molar refractivity (Wildman–Crippen MR) is 67.3 cm³/mol. The summed E-state index contributed by atoms with van der Waals surface area (Å²) in [5, 5.41) is 0.803. The van der Waals surface area contributed by atoms with E-state index < -0.39 is 0 Å². The average Bonchev–Trinajstić information content (AvgIpc) is 2.71. The Bertz CT molecular complexity index is 488. The standard InChI is InChI=1S/C13H15ClN2/c1-3-4-11-8-16(9-15-11)12-5-6-13(14)10(2)7-12/h5-9H,3-4H2,1-2H3. The van der Waals surface area contributed by atoms with Crippen LogP contribution < -0.4 is 0 Å². The summed E-state index contributed by atoms with van der Waals surface area (Å²) >= 11 is 6.00. The van der Waals surface area contributed by atoms with E-state index in [1.165, 1.54) is 0 Å². The zero-order valence-corrected chi connectivity index (χ0v) is 10.3. The molecule has 2 nitrogen and oxygen atoms in total. The Hall–Kier alpha value is -1.28. The molecule has 0 radical (unpaired) electrons. The molecule has 0 aliphatic rings. The van der Waals surface area contributed by atoms with E-state index in [0.29, 0.717) is 0 Å². The molecule has 0 saturated carbocycles. The Morgan fingerprint density at radius 1 is 1.38 bits per heavy atom. The van der Waals surface area contributed by atoms with Crippen molar-refractivity contribution in [1.29, 1.82) is 0 Å². The highest BCUT2D eigenvalue weighted by atomic mass is 35.5. The molecule has 0 bridgehead atoms. The summed E-state index contributed by atoms with van der Waals surface area (Å²) in [6.45, 7) is 4.17. The number of aromatic nitrogens is 2. The molecule has 1 heterocycles. The van der Waals surface area contributed by atoms with Crippen LogP contribution in [0.25, 0.3) is 5.69 Å². The number of nitrogens with zero attached hydrogens (tertiary/aromatic N) is 2. The van der Waals surface area contributed by atoms with Crippen LogP contribution in [0.5, 0.6) is 0 Å². The molecule has 0 fully saturated rings. The molecule has 0 atom stereocenters. The third kappa shape index (κ3) is 2.27. The lowest BCUT2D eigenvalue weighted by Gasteiger charge is -2.04. The number of hydrogen-bond acceptors (Lipinski definition) is 1. The second-order valence-electron chi connectivity index (χ2n) is 3.96. The number of imidazole rings is 1. The van der Waals surface area contributed by atoms with Crippen molar-refractivity contribution in [3.05, 3.63) is 47.0 Å². The molecule has 16 heavy (non-hydrogen) atoms. The first kappa shape index (κ1) is 11.2. The van der Waals surface area contributed by atoms with Crippen LogP contribution in [0.15, 0.2) is 30.7 Å². The van der Waals surface area contributed by atoms with E-state index in [1.54, 1.807) is 0 Å². The maximum absolute atomic E-state index is 6.00. The van der Waals surface area contributed by atoms with E-state index in [1.807, 2.05) is 30.0 Å². The first-order chi connectivity index (χ1) is 7.70. The minimum Gasteiger partial charge on any atom is -0.306 e. The Labute approximate surface area is 101 Å². The van der Waals surface area contributed by atoms with Gasteiger partial charge in [-0.25, -0.2) is 4.98 Å². The number of rotatable bonds is 3. The van der Waals surface area contributed by atoms with Crippen LogP contribution in [0.2, 0.25) is 5.02 Å². The maximum atomic E-state index is 6.00. The molecule has 1 aromatic carbocycles. The van der Waals surface area contributed by atoms with E-state index in [9.17, 15) is 0 Å². The van der Waals surface area contributed by atoms with Crippen molar-refractivity contribution < 1.29 is 0 Å². The molecular weight excluding hydrogens is 220 g/mol. The quantitative estimate of drug-likeness (QED) is 0.790. The fraction of sp³-hybridized carbons (Fsp3) is 0.308. The first-order valence-corrected chi connectivity index (χ1v) is 5.88. The van der Waals surface area contributed by atoms with Gasteiger partial charge >= 0.3 is 0 Å². The molecule has 0 saturated heterocycles. The van der Waals surface area contributed by atoms with Crippen LogP contribution in [0.1, 0.15) is 24.6 Å². The minimum atomic E-state index is 0.803. The van der Waals surface area contributed by atoms with Crippen LogP contribution in [-0.4, -0.2) is 9.55 Å². The van der Waals surface area contributed by atoms with Gasteiger partial charge in [0.1, 0.15) is 0 Å². The summed E-state index contributed by atoms with van der Waals surface area (Å²) in [7, 11) is 0. The number of aryl methyl sites for hydroxylation is 2. The molecule has 2 rings (SSSR count). The monoisotopic (exact) mass is 234 g/mol. The second kappa shape index (κ2) is 4.71. The van der Waals surface area contributed by atoms with Gasteiger partial charge in [0.15, 0.2) is 0 Å². The summed E-state index contributed by atoms with van der Waals surface area (Å²) in [4.78, 5) is 4.36. The van der Waals surface area contributed by atoms with Crippen LogP contribution >= 0.6 is 11.6 Å². The largest absolute Gasteiger partial charge is 0.306 e. The van der Waals surface area contributed by atoms with Gasteiger partial charge in [-0.2, -0.15) is 0 Å². The molecular formula is C13H15ClN2. The highest BCUT2D eigenvalue weighted by molar-refractivity contribution is 6.31. The molecule has 0 amide bonds. The summed E-state index contributed by atoms with van der Waals surface area (Å²) in [6.07, 6.45) is 6.08. The normalized spacial score (nSPS) is 10.7. The van der Waals surface area contributed by atoms with E-state index in [2.05, 4.69) is 24.2 Å². The predicted octanol–water partition coefficient (Wildman–Crippen LogP) is 3.79. The van der Waals surface area contributed by atoms with Gasteiger partial charge in [0, 0.05) is 16.9 Å². The molecule has 0 unspecified atom stereocenters. The van der Waals surface area contributed by atoms with Crippen LogP contribution in [-0.2, 0) is 6.42 Å². The Kier molecular flexibility index (Phi) is 3.30. The van der Waals surface area contributed by atoms with Gasteiger partial charge in [-0.05, 0) is 37.1 Å². The van der Waals surface area contributed by atoms with Crippen LogP contribution in [0.3, 0.4) is 0 Å². The molecule has 0 aliphatic heterocycles.